The van der Waals surface area contributed by atoms with Crippen molar-refractivity contribution in [3.63, 3.8) is 0 Å². The standard InChI is InChI=1S/C22H23N5O/c28-14-10-17-7-1-2-13-26(17)20-9-12-24-22-19(15-25-27(20)22)18-8-3-5-16-6-4-11-23-21(16)18/h3-6,8-9,11-12,15,17,28H,1-2,7,10,13-14H2. The van der Waals surface area contributed by atoms with Gasteiger partial charge in [-0.15, -0.1) is 0 Å². The number of pyridine rings is 1. The molecule has 0 spiro atoms. The number of aliphatic hydroxyl groups excluding tert-OH is 1. The summed E-state index contributed by atoms with van der Waals surface area (Å²) in [6.07, 6.45) is 9.83. The molecule has 1 unspecified atom stereocenters. The zero-order valence-electron chi connectivity index (χ0n) is 15.7. The predicted octanol–water partition coefficient (Wildman–Crippen LogP) is 3.69. The second-order valence-electron chi connectivity index (χ2n) is 7.33. The third-order valence-electron chi connectivity index (χ3n) is 5.69. The van der Waals surface area contributed by atoms with E-state index in [2.05, 4.69) is 39.1 Å². The maximum atomic E-state index is 9.48. The van der Waals surface area contributed by atoms with Crippen molar-refractivity contribution in [2.75, 3.05) is 18.1 Å². The van der Waals surface area contributed by atoms with Crippen LogP contribution in [-0.2, 0) is 0 Å². The molecule has 1 N–H and O–H groups in total. The van der Waals surface area contributed by atoms with Crippen LogP contribution in [0.1, 0.15) is 25.7 Å². The molecule has 1 aliphatic rings. The zero-order valence-corrected chi connectivity index (χ0v) is 15.7. The van der Waals surface area contributed by atoms with Crippen LogP contribution in [0.5, 0.6) is 0 Å². The van der Waals surface area contributed by atoms with E-state index < -0.39 is 0 Å². The lowest BCUT2D eigenvalue weighted by Crippen LogP contribution is -2.41. The minimum Gasteiger partial charge on any atom is -0.396 e. The zero-order chi connectivity index (χ0) is 18.9. The Morgan fingerprint density at radius 2 is 1.93 bits per heavy atom. The van der Waals surface area contributed by atoms with Crippen LogP contribution < -0.4 is 4.90 Å². The Kier molecular flexibility index (Phi) is 4.41. The van der Waals surface area contributed by atoms with Crippen molar-refractivity contribution in [3.8, 4) is 11.1 Å². The number of aromatic nitrogens is 4. The van der Waals surface area contributed by atoms with E-state index in [-0.39, 0.29) is 6.61 Å². The van der Waals surface area contributed by atoms with Crippen molar-refractivity contribution >= 4 is 22.4 Å². The molecule has 0 aliphatic carbocycles. The smallest absolute Gasteiger partial charge is 0.165 e. The van der Waals surface area contributed by atoms with E-state index in [9.17, 15) is 5.11 Å². The molecule has 142 valence electrons. The average molecular weight is 373 g/mol. The molecule has 1 aliphatic heterocycles. The fourth-order valence-electron chi connectivity index (χ4n) is 4.36. The molecule has 0 bridgehead atoms. The second kappa shape index (κ2) is 7.20. The van der Waals surface area contributed by atoms with Crippen LogP contribution in [0.3, 0.4) is 0 Å². The average Bonchev–Trinajstić information content (AvgIpc) is 3.18. The maximum absolute atomic E-state index is 9.48. The molecule has 5 rings (SSSR count). The quantitative estimate of drug-likeness (QED) is 0.591. The Labute approximate surface area is 163 Å². The lowest BCUT2D eigenvalue weighted by molar-refractivity contribution is 0.262. The number of fused-ring (bicyclic) bond motifs is 2. The third kappa shape index (κ3) is 2.81. The fourth-order valence-corrected chi connectivity index (χ4v) is 4.36. The monoisotopic (exact) mass is 373 g/mol. The number of rotatable bonds is 4. The summed E-state index contributed by atoms with van der Waals surface area (Å²) in [7, 11) is 0. The number of benzene rings is 1. The summed E-state index contributed by atoms with van der Waals surface area (Å²) in [5, 5.41) is 15.3. The Hall–Kier alpha value is -2.99. The highest BCUT2D eigenvalue weighted by Crippen LogP contribution is 2.32. The van der Waals surface area contributed by atoms with Crippen LogP contribution in [0.4, 0.5) is 5.82 Å². The van der Waals surface area contributed by atoms with Gasteiger partial charge < -0.3 is 10.0 Å². The van der Waals surface area contributed by atoms with Gasteiger partial charge in [0.25, 0.3) is 0 Å². The Morgan fingerprint density at radius 1 is 1.00 bits per heavy atom. The van der Waals surface area contributed by atoms with Crippen LogP contribution in [-0.4, -0.2) is 43.9 Å². The van der Waals surface area contributed by atoms with Gasteiger partial charge in [0.05, 0.1) is 11.7 Å². The molecule has 1 saturated heterocycles. The molecule has 1 atom stereocenters. The summed E-state index contributed by atoms with van der Waals surface area (Å²) in [6.45, 7) is 1.19. The summed E-state index contributed by atoms with van der Waals surface area (Å²) in [4.78, 5) is 11.6. The highest BCUT2D eigenvalue weighted by atomic mass is 16.3. The van der Waals surface area contributed by atoms with E-state index in [1.165, 1.54) is 6.42 Å². The molecule has 4 aromatic rings. The number of hydrogen-bond acceptors (Lipinski definition) is 5. The minimum absolute atomic E-state index is 0.210. The van der Waals surface area contributed by atoms with Gasteiger partial charge in [-0.2, -0.15) is 9.61 Å². The van der Waals surface area contributed by atoms with Gasteiger partial charge in [-0.1, -0.05) is 24.3 Å². The molecule has 0 amide bonds. The molecule has 6 nitrogen and oxygen atoms in total. The lowest BCUT2D eigenvalue weighted by Gasteiger charge is -2.37. The molecule has 3 aromatic heterocycles. The number of aliphatic hydroxyl groups is 1. The van der Waals surface area contributed by atoms with Crippen LogP contribution in [0.15, 0.2) is 55.0 Å². The van der Waals surface area contributed by atoms with E-state index in [0.29, 0.717) is 6.04 Å². The summed E-state index contributed by atoms with van der Waals surface area (Å²) in [5.74, 6) is 1.04. The van der Waals surface area contributed by atoms with Gasteiger partial charge in [0.15, 0.2) is 5.65 Å². The number of anilines is 1. The van der Waals surface area contributed by atoms with Gasteiger partial charge in [0, 0.05) is 48.1 Å². The van der Waals surface area contributed by atoms with Crippen molar-refractivity contribution in [2.45, 2.75) is 31.7 Å². The molecule has 4 heterocycles. The SMILES string of the molecule is OCCC1CCCCN1c1ccnc2c(-c3cccc4cccnc34)cnn12. The summed E-state index contributed by atoms with van der Waals surface area (Å²) in [6, 6.07) is 12.6. The highest BCUT2D eigenvalue weighted by Gasteiger charge is 2.25. The van der Waals surface area contributed by atoms with Crippen molar-refractivity contribution in [3.05, 3.63) is 55.0 Å². The first kappa shape index (κ1) is 17.1. The molecular formula is C22H23N5O. The first-order valence-corrected chi connectivity index (χ1v) is 9.91. The molecule has 1 aromatic carbocycles. The van der Waals surface area contributed by atoms with Gasteiger partial charge >= 0.3 is 0 Å². The normalized spacial score (nSPS) is 17.5. The predicted molar refractivity (Wildman–Crippen MR) is 110 cm³/mol. The highest BCUT2D eigenvalue weighted by molar-refractivity contribution is 5.96. The van der Waals surface area contributed by atoms with Crippen molar-refractivity contribution < 1.29 is 5.11 Å². The van der Waals surface area contributed by atoms with E-state index in [1.807, 2.05) is 35.2 Å². The number of piperidine rings is 1. The van der Waals surface area contributed by atoms with Gasteiger partial charge in [-0.3, -0.25) is 4.98 Å². The lowest BCUT2D eigenvalue weighted by atomic mass is 9.99. The van der Waals surface area contributed by atoms with Crippen molar-refractivity contribution in [1.29, 1.82) is 0 Å². The Balaban J connectivity index is 1.65. The molecule has 0 saturated carbocycles. The Bertz CT molecular complexity index is 1120. The number of nitrogens with zero attached hydrogens (tertiary/aromatic N) is 5. The third-order valence-corrected chi connectivity index (χ3v) is 5.69. The van der Waals surface area contributed by atoms with Crippen LogP contribution in [0.25, 0.3) is 27.7 Å². The summed E-state index contributed by atoms with van der Waals surface area (Å²) < 4.78 is 1.94. The van der Waals surface area contributed by atoms with E-state index >= 15 is 0 Å². The van der Waals surface area contributed by atoms with Gasteiger partial charge in [0.1, 0.15) is 5.82 Å². The molecule has 28 heavy (non-hydrogen) atoms. The van der Waals surface area contributed by atoms with Crippen LogP contribution in [0, 0.1) is 0 Å². The van der Waals surface area contributed by atoms with Crippen LogP contribution >= 0.6 is 0 Å². The van der Waals surface area contributed by atoms with E-state index in [1.54, 1.807) is 0 Å². The molecule has 0 radical (unpaired) electrons. The largest absolute Gasteiger partial charge is 0.396 e. The van der Waals surface area contributed by atoms with Gasteiger partial charge in [-0.25, -0.2) is 4.98 Å². The molecular weight excluding hydrogens is 350 g/mol. The minimum atomic E-state index is 0.210. The van der Waals surface area contributed by atoms with Gasteiger partial charge in [0.2, 0.25) is 0 Å². The topological polar surface area (TPSA) is 66.5 Å². The maximum Gasteiger partial charge on any atom is 0.165 e. The van der Waals surface area contributed by atoms with E-state index in [4.69, 9.17) is 5.10 Å². The van der Waals surface area contributed by atoms with Crippen molar-refractivity contribution in [2.24, 2.45) is 0 Å². The second-order valence-corrected chi connectivity index (χ2v) is 7.33. The van der Waals surface area contributed by atoms with E-state index in [0.717, 1.165) is 59.3 Å². The first-order valence-electron chi connectivity index (χ1n) is 9.91. The summed E-state index contributed by atoms with van der Waals surface area (Å²) >= 11 is 0. The summed E-state index contributed by atoms with van der Waals surface area (Å²) in [5.41, 5.74) is 3.83. The molecule has 1 fully saturated rings. The first-order chi connectivity index (χ1) is 13.9. The van der Waals surface area contributed by atoms with Crippen molar-refractivity contribution in [1.82, 2.24) is 19.6 Å². The molecule has 6 heteroatoms. The Morgan fingerprint density at radius 3 is 2.86 bits per heavy atom. The number of hydrogen-bond donors (Lipinski definition) is 1. The van der Waals surface area contributed by atoms with Gasteiger partial charge in [-0.05, 0) is 37.8 Å². The number of para-hydroxylation sites is 1. The fraction of sp³-hybridized carbons (Fsp3) is 0.318. The van der Waals surface area contributed by atoms with Crippen LogP contribution in [0.2, 0.25) is 0 Å².